The number of nitrogens with one attached hydrogen (secondary N) is 1. The van der Waals surface area contributed by atoms with Crippen LogP contribution in [0, 0.1) is 0 Å². The van der Waals surface area contributed by atoms with Gasteiger partial charge in [-0.1, -0.05) is 79.0 Å². The van der Waals surface area contributed by atoms with Crippen molar-refractivity contribution in [1.29, 1.82) is 0 Å². The highest BCUT2D eigenvalue weighted by molar-refractivity contribution is 5.93. The Hall–Kier alpha value is -2.92. The molecule has 0 radical (unpaired) electrons. The Labute approximate surface area is 195 Å². The highest BCUT2D eigenvalue weighted by atomic mass is 16.5. The number of nitrogens with zero attached hydrogens (tertiary/aromatic N) is 1. The number of rotatable bonds is 7. The summed E-state index contributed by atoms with van der Waals surface area (Å²) < 4.78 is 11.6. The third-order valence-corrected chi connectivity index (χ3v) is 7.09. The van der Waals surface area contributed by atoms with Crippen LogP contribution in [0.2, 0.25) is 0 Å². The van der Waals surface area contributed by atoms with Gasteiger partial charge in [0, 0.05) is 11.6 Å². The van der Waals surface area contributed by atoms with Crippen LogP contribution in [0.1, 0.15) is 78.9 Å². The van der Waals surface area contributed by atoms with Gasteiger partial charge in [0.05, 0.1) is 18.8 Å². The number of ether oxygens (including phenoxy) is 1. The van der Waals surface area contributed by atoms with E-state index in [2.05, 4.69) is 46.9 Å². The number of amides is 1. The molecular weight excluding hydrogens is 412 g/mol. The van der Waals surface area contributed by atoms with Gasteiger partial charge in [0.25, 0.3) is 5.91 Å². The molecule has 0 aliphatic heterocycles. The van der Waals surface area contributed by atoms with Crippen LogP contribution in [0.4, 0.5) is 0 Å². The molecule has 5 rings (SSSR count). The van der Waals surface area contributed by atoms with Crippen molar-refractivity contribution < 1.29 is 14.1 Å². The summed E-state index contributed by atoms with van der Waals surface area (Å²) in [5, 5.41) is 7.15. The molecule has 3 aromatic rings. The quantitative estimate of drug-likeness (QED) is 0.467. The average Bonchev–Trinajstić information content (AvgIpc) is 3.54. The predicted molar refractivity (Wildman–Crippen MR) is 128 cm³/mol. The maximum Gasteiger partial charge on any atom is 0.273 e. The van der Waals surface area contributed by atoms with Gasteiger partial charge in [-0.05, 0) is 49.1 Å². The molecule has 1 aromatic heterocycles. The summed E-state index contributed by atoms with van der Waals surface area (Å²) in [6, 6.07) is 20.4. The molecule has 172 valence electrons. The fourth-order valence-corrected chi connectivity index (χ4v) is 5.18. The lowest BCUT2D eigenvalue weighted by atomic mass is 9.84. The SMILES string of the molecule is O=C(N[C@H]1CCC[C@@H]1OCc1ccccc1)c1cc(-c2ccc(C3CCCCC3)cc2)on1. The largest absolute Gasteiger partial charge is 0.371 e. The Kier molecular flexibility index (Phi) is 6.87. The van der Waals surface area contributed by atoms with Crippen molar-refractivity contribution in [1.82, 2.24) is 10.5 Å². The molecule has 2 fully saturated rings. The van der Waals surface area contributed by atoms with Crippen molar-refractivity contribution in [2.75, 3.05) is 0 Å². The van der Waals surface area contributed by atoms with Gasteiger partial charge in [-0.2, -0.15) is 0 Å². The van der Waals surface area contributed by atoms with Gasteiger partial charge in [0.1, 0.15) is 0 Å². The standard InChI is InChI=1S/C28H32N2O3/c31-28(29-24-12-7-13-26(24)32-19-20-8-3-1-4-9-20)25-18-27(33-30-25)23-16-14-22(15-17-23)21-10-5-2-6-11-21/h1,3-4,8-9,14-18,21,24,26H,2,5-7,10-13,19H2,(H,29,31)/t24-,26-/m0/s1. The van der Waals surface area contributed by atoms with Crippen molar-refractivity contribution in [2.45, 2.75) is 76.0 Å². The first-order chi connectivity index (χ1) is 16.3. The van der Waals surface area contributed by atoms with Gasteiger partial charge in [0.2, 0.25) is 0 Å². The Morgan fingerprint density at radius 3 is 2.52 bits per heavy atom. The second-order valence-corrected chi connectivity index (χ2v) is 9.38. The number of carbonyl (C=O) groups is 1. The Morgan fingerprint density at radius 1 is 0.939 bits per heavy atom. The first-order valence-electron chi connectivity index (χ1n) is 12.3. The number of carbonyl (C=O) groups excluding carboxylic acids is 1. The number of hydrogen-bond acceptors (Lipinski definition) is 4. The lowest BCUT2D eigenvalue weighted by Gasteiger charge is -2.21. The molecule has 2 aliphatic carbocycles. The van der Waals surface area contributed by atoms with Crippen LogP contribution in [-0.2, 0) is 11.3 Å². The minimum Gasteiger partial charge on any atom is -0.371 e. The second kappa shape index (κ2) is 10.3. The van der Waals surface area contributed by atoms with Crippen molar-refractivity contribution in [3.63, 3.8) is 0 Å². The van der Waals surface area contributed by atoms with Gasteiger partial charge >= 0.3 is 0 Å². The summed E-state index contributed by atoms with van der Waals surface area (Å²) in [6.45, 7) is 0.558. The molecular formula is C28H32N2O3. The van der Waals surface area contributed by atoms with Gasteiger partial charge in [-0.3, -0.25) is 4.79 Å². The molecule has 5 nitrogen and oxygen atoms in total. The van der Waals surface area contributed by atoms with Gasteiger partial charge in [0.15, 0.2) is 11.5 Å². The average molecular weight is 445 g/mol. The monoisotopic (exact) mass is 444 g/mol. The molecule has 2 saturated carbocycles. The number of aromatic nitrogens is 1. The lowest BCUT2D eigenvalue weighted by Crippen LogP contribution is -2.41. The summed E-state index contributed by atoms with van der Waals surface area (Å²) in [5.74, 6) is 1.09. The van der Waals surface area contributed by atoms with Gasteiger partial charge < -0.3 is 14.6 Å². The van der Waals surface area contributed by atoms with Gasteiger partial charge in [-0.15, -0.1) is 0 Å². The fraction of sp³-hybridized carbons (Fsp3) is 0.429. The normalized spacial score (nSPS) is 21.2. The first-order valence-corrected chi connectivity index (χ1v) is 12.3. The van der Waals surface area contributed by atoms with Crippen molar-refractivity contribution >= 4 is 5.91 Å². The van der Waals surface area contributed by atoms with E-state index < -0.39 is 0 Å². The van der Waals surface area contributed by atoms with E-state index in [1.54, 1.807) is 6.07 Å². The van der Waals surface area contributed by atoms with Crippen molar-refractivity contribution in [3.8, 4) is 11.3 Å². The second-order valence-electron chi connectivity index (χ2n) is 9.38. The van der Waals surface area contributed by atoms with Crippen LogP contribution in [0.15, 0.2) is 65.2 Å². The predicted octanol–water partition coefficient (Wildman–Crippen LogP) is 6.26. The van der Waals surface area contributed by atoms with E-state index >= 15 is 0 Å². The molecule has 0 saturated heterocycles. The molecule has 2 atom stereocenters. The molecule has 0 unspecified atom stereocenters. The van der Waals surface area contributed by atoms with E-state index in [4.69, 9.17) is 9.26 Å². The Balaban J connectivity index is 1.18. The maximum absolute atomic E-state index is 12.8. The van der Waals surface area contributed by atoms with Crippen LogP contribution in [-0.4, -0.2) is 23.2 Å². The number of benzene rings is 2. The minimum absolute atomic E-state index is 0.00358. The summed E-state index contributed by atoms with van der Waals surface area (Å²) in [7, 11) is 0. The highest BCUT2D eigenvalue weighted by Gasteiger charge is 2.30. The first kappa shape index (κ1) is 21.9. The van der Waals surface area contributed by atoms with Crippen LogP contribution < -0.4 is 5.32 Å². The van der Waals surface area contributed by atoms with E-state index in [1.165, 1.54) is 37.7 Å². The Morgan fingerprint density at radius 2 is 1.73 bits per heavy atom. The summed E-state index contributed by atoms with van der Waals surface area (Å²) in [5.41, 5.74) is 3.81. The van der Waals surface area contributed by atoms with E-state index in [1.807, 2.05) is 18.2 Å². The molecule has 0 spiro atoms. The van der Waals surface area contributed by atoms with E-state index in [9.17, 15) is 4.79 Å². The van der Waals surface area contributed by atoms with Crippen LogP contribution >= 0.6 is 0 Å². The van der Waals surface area contributed by atoms with E-state index in [-0.39, 0.29) is 18.1 Å². The summed E-state index contributed by atoms with van der Waals surface area (Å²) in [4.78, 5) is 12.8. The fourth-order valence-electron chi connectivity index (χ4n) is 5.18. The minimum atomic E-state index is -0.205. The lowest BCUT2D eigenvalue weighted by molar-refractivity contribution is 0.0271. The molecule has 2 aromatic carbocycles. The van der Waals surface area contributed by atoms with Gasteiger partial charge in [-0.25, -0.2) is 0 Å². The van der Waals surface area contributed by atoms with Crippen molar-refractivity contribution in [2.24, 2.45) is 0 Å². The van der Waals surface area contributed by atoms with Crippen LogP contribution in [0.3, 0.4) is 0 Å². The molecule has 33 heavy (non-hydrogen) atoms. The summed E-state index contributed by atoms with van der Waals surface area (Å²) in [6.07, 6.45) is 9.51. The van der Waals surface area contributed by atoms with Crippen LogP contribution in [0.5, 0.6) is 0 Å². The number of hydrogen-bond donors (Lipinski definition) is 1. The van der Waals surface area contributed by atoms with Crippen molar-refractivity contribution in [3.05, 3.63) is 77.5 Å². The topological polar surface area (TPSA) is 64.4 Å². The zero-order valence-electron chi connectivity index (χ0n) is 19.0. The zero-order chi connectivity index (χ0) is 22.5. The molecule has 2 aliphatic rings. The third-order valence-electron chi connectivity index (χ3n) is 7.09. The smallest absolute Gasteiger partial charge is 0.273 e. The maximum atomic E-state index is 12.8. The summed E-state index contributed by atoms with van der Waals surface area (Å²) >= 11 is 0. The molecule has 1 N–H and O–H groups in total. The highest BCUT2D eigenvalue weighted by Crippen LogP contribution is 2.33. The molecule has 5 heteroatoms. The van der Waals surface area contributed by atoms with Crippen LogP contribution in [0.25, 0.3) is 11.3 Å². The third kappa shape index (κ3) is 5.36. The molecule has 1 heterocycles. The van der Waals surface area contributed by atoms with E-state index in [0.717, 1.165) is 30.4 Å². The Bertz CT molecular complexity index is 1040. The zero-order valence-corrected chi connectivity index (χ0v) is 19.0. The molecule has 0 bridgehead atoms. The van der Waals surface area contributed by atoms with E-state index in [0.29, 0.717) is 24.0 Å². The molecule has 1 amide bonds.